The minimum Gasteiger partial charge on any atom is -0.364 e. The molecule has 0 bridgehead atoms. The molecule has 0 radical (unpaired) electrons. The van der Waals surface area contributed by atoms with E-state index < -0.39 is 5.41 Å². The Balaban J connectivity index is 1.50. The number of nitrogens with zero attached hydrogens (tertiary/aromatic N) is 1. The van der Waals surface area contributed by atoms with Crippen LogP contribution in [-0.4, -0.2) is 55.8 Å². The first-order valence-electron chi connectivity index (χ1n) is 13.4. The average molecular weight is 490 g/mol. The van der Waals surface area contributed by atoms with Crippen LogP contribution in [0.3, 0.4) is 0 Å². The molecule has 196 valence electrons. The van der Waals surface area contributed by atoms with Crippen molar-refractivity contribution in [3.05, 3.63) is 0 Å². The first-order valence-corrected chi connectivity index (χ1v) is 13.4. The molecule has 7 nitrogen and oxygen atoms in total. The number of hydrogen-bond acceptors (Lipinski definition) is 6. The number of carbonyl (C=O) groups is 4. The smallest absolute Gasteiger partial charge is 0.226 e. The molecule has 0 aromatic heterocycles. The van der Waals surface area contributed by atoms with Gasteiger partial charge in [-0.05, 0) is 60.7 Å². The summed E-state index contributed by atoms with van der Waals surface area (Å²) in [6, 6.07) is 0. The SMILES string of the molecule is COCN(COC)C(=O)CC[C@@H](C)C1CC[C@H]2C3C(=O)CC4CC(=O)CCC4(C)[C@H]3CC(=O)C12C. The second-order valence-corrected chi connectivity index (χ2v) is 12.2. The van der Waals surface area contributed by atoms with E-state index in [0.29, 0.717) is 44.3 Å². The topological polar surface area (TPSA) is 90.0 Å². The van der Waals surface area contributed by atoms with Crippen molar-refractivity contribution in [2.24, 2.45) is 46.3 Å². The van der Waals surface area contributed by atoms with E-state index in [1.165, 1.54) is 0 Å². The number of methoxy groups -OCH3 is 2. The Morgan fingerprint density at radius 2 is 1.71 bits per heavy atom. The van der Waals surface area contributed by atoms with Crippen molar-refractivity contribution in [2.75, 3.05) is 27.7 Å². The van der Waals surface area contributed by atoms with Gasteiger partial charge in [-0.25, -0.2) is 0 Å². The fourth-order valence-electron chi connectivity index (χ4n) is 8.59. The largest absolute Gasteiger partial charge is 0.364 e. The highest BCUT2D eigenvalue weighted by Crippen LogP contribution is 2.66. The zero-order valence-corrected chi connectivity index (χ0v) is 22.1. The Bertz CT molecular complexity index is 866. The normalized spacial score (nSPS) is 39.6. The summed E-state index contributed by atoms with van der Waals surface area (Å²) < 4.78 is 10.3. The quantitative estimate of drug-likeness (QED) is 0.478. The Hall–Kier alpha value is -1.60. The average Bonchev–Trinajstić information content (AvgIpc) is 3.17. The summed E-state index contributed by atoms with van der Waals surface area (Å²) in [5, 5.41) is 0. The molecule has 1 amide bonds. The van der Waals surface area contributed by atoms with Gasteiger partial charge in [0.15, 0.2) is 0 Å². The summed E-state index contributed by atoms with van der Waals surface area (Å²) in [4.78, 5) is 53.8. The molecule has 4 aliphatic carbocycles. The van der Waals surface area contributed by atoms with E-state index in [-0.39, 0.29) is 71.9 Å². The van der Waals surface area contributed by atoms with E-state index in [0.717, 1.165) is 19.3 Å². The van der Waals surface area contributed by atoms with Crippen LogP contribution in [-0.2, 0) is 28.7 Å². The second-order valence-electron chi connectivity index (χ2n) is 12.2. The van der Waals surface area contributed by atoms with Crippen molar-refractivity contribution >= 4 is 23.3 Å². The summed E-state index contributed by atoms with van der Waals surface area (Å²) >= 11 is 0. The molecule has 0 N–H and O–H groups in total. The molecular formula is C28H43NO6. The number of Topliss-reactive ketones (excluding diaryl/α,β-unsaturated/α-hetero) is 3. The molecule has 4 aliphatic rings. The number of ether oxygens (including phenoxy) is 2. The van der Waals surface area contributed by atoms with Gasteiger partial charge in [0.2, 0.25) is 5.91 Å². The van der Waals surface area contributed by atoms with Gasteiger partial charge < -0.3 is 9.47 Å². The number of fused-ring (bicyclic) bond motifs is 5. The van der Waals surface area contributed by atoms with Gasteiger partial charge >= 0.3 is 0 Å². The monoisotopic (exact) mass is 489 g/mol. The molecule has 4 saturated carbocycles. The third-order valence-corrected chi connectivity index (χ3v) is 10.6. The van der Waals surface area contributed by atoms with Crippen LogP contribution in [0.2, 0.25) is 0 Å². The highest BCUT2D eigenvalue weighted by atomic mass is 16.5. The van der Waals surface area contributed by atoms with Crippen molar-refractivity contribution < 1.29 is 28.7 Å². The van der Waals surface area contributed by atoms with E-state index in [1.807, 2.05) is 0 Å². The number of hydrogen-bond donors (Lipinski definition) is 0. The zero-order chi connectivity index (χ0) is 25.5. The van der Waals surface area contributed by atoms with Crippen LogP contribution in [0, 0.1) is 46.3 Å². The van der Waals surface area contributed by atoms with Gasteiger partial charge in [0.25, 0.3) is 0 Å². The van der Waals surface area contributed by atoms with Crippen molar-refractivity contribution in [1.29, 1.82) is 0 Å². The molecule has 5 unspecified atom stereocenters. The van der Waals surface area contributed by atoms with Crippen molar-refractivity contribution in [3.8, 4) is 0 Å². The molecule has 35 heavy (non-hydrogen) atoms. The van der Waals surface area contributed by atoms with Crippen molar-refractivity contribution in [3.63, 3.8) is 0 Å². The highest BCUT2D eigenvalue weighted by molar-refractivity contribution is 5.93. The van der Waals surface area contributed by atoms with Crippen molar-refractivity contribution in [2.45, 2.75) is 78.6 Å². The molecular weight excluding hydrogens is 446 g/mol. The summed E-state index contributed by atoms with van der Waals surface area (Å²) in [5.41, 5.74) is -0.600. The third-order valence-electron chi connectivity index (χ3n) is 10.6. The summed E-state index contributed by atoms with van der Waals surface area (Å²) in [7, 11) is 3.11. The second kappa shape index (κ2) is 10.0. The fraction of sp³-hybridized carbons (Fsp3) is 0.857. The lowest BCUT2D eigenvalue weighted by Gasteiger charge is -2.58. The van der Waals surface area contributed by atoms with Crippen LogP contribution in [0.5, 0.6) is 0 Å². The maximum Gasteiger partial charge on any atom is 0.226 e. The number of amides is 1. The maximum absolute atomic E-state index is 13.9. The first-order chi connectivity index (χ1) is 16.6. The molecule has 0 aromatic carbocycles. The van der Waals surface area contributed by atoms with Gasteiger partial charge in [-0.2, -0.15) is 0 Å². The Morgan fingerprint density at radius 3 is 2.37 bits per heavy atom. The Labute approximate surface area is 209 Å². The third kappa shape index (κ3) is 4.41. The molecule has 0 aliphatic heterocycles. The summed E-state index contributed by atoms with van der Waals surface area (Å²) in [6.45, 7) is 6.91. The maximum atomic E-state index is 13.9. The Morgan fingerprint density at radius 1 is 1.03 bits per heavy atom. The molecule has 4 rings (SSSR count). The number of ketones is 3. The van der Waals surface area contributed by atoms with Crippen molar-refractivity contribution in [1.82, 2.24) is 4.90 Å². The summed E-state index contributed by atoms with van der Waals surface area (Å²) in [5.74, 6) is 1.41. The van der Waals surface area contributed by atoms with E-state index >= 15 is 0 Å². The van der Waals surface area contributed by atoms with Gasteiger partial charge in [-0.3, -0.25) is 24.1 Å². The van der Waals surface area contributed by atoms with E-state index in [1.54, 1.807) is 19.1 Å². The van der Waals surface area contributed by atoms with Gasteiger partial charge in [0, 0.05) is 57.7 Å². The minimum atomic E-state index is -0.508. The predicted molar refractivity (Wildman–Crippen MR) is 130 cm³/mol. The van der Waals surface area contributed by atoms with E-state index in [9.17, 15) is 19.2 Å². The van der Waals surface area contributed by atoms with Gasteiger partial charge in [0.1, 0.15) is 30.8 Å². The number of carbonyl (C=O) groups excluding carboxylic acids is 4. The lowest BCUT2D eigenvalue weighted by atomic mass is 9.44. The molecule has 0 spiro atoms. The lowest BCUT2D eigenvalue weighted by molar-refractivity contribution is -0.166. The first kappa shape index (κ1) is 26.5. The summed E-state index contributed by atoms with van der Waals surface area (Å²) in [6.07, 6.45) is 5.76. The van der Waals surface area contributed by atoms with Crippen LogP contribution in [0.4, 0.5) is 0 Å². The van der Waals surface area contributed by atoms with E-state index in [4.69, 9.17) is 9.47 Å². The molecule has 8 atom stereocenters. The van der Waals surface area contributed by atoms with Gasteiger partial charge in [0.05, 0.1) is 0 Å². The zero-order valence-electron chi connectivity index (χ0n) is 22.1. The minimum absolute atomic E-state index is 0.0106. The molecule has 0 saturated heterocycles. The molecule has 7 heteroatoms. The highest BCUT2D eigenvalue weighted by Gasteiger charge is 2.66. The molecule has 0 aromatic rings. The van der Waals surface area contributed by atoms with Crippen LogP contribution in [0.1, 0.15) is 78.6 Å². The van der Waals surface area contributed by atoms with Crippen LogP contribution >= 0.6 is 0 Å². The standard InChI is InChI=1S/C28H43NO6/c1-17(6-9-25(33)29(15-34-4)16-35-5)20-7-8-21-26-22(14-24(32)28(20,21)3)27(2)11-10-19(30)12-18(27)13-23(26)31/h17-18,20-22,26H,6-16H2,1-5H3/t17-,18?,20?,21+,22+,26?,27?,28?/m1/s1. The lowest BCUT2D eigenvalue weighted by Crippen LogP contribution is -2.60. The van der Waals surface area contributed by atoms with E-state index in [2.05, 4.69) is 20.8 Å². The fourth-order valence-corrected chi connectivity index (χ4v) is 8.59. The predicted octanol–water partition coefficient (Wildman–Crippen LogP) is 4.03. The van der Waals surface area contributed by atoms with Gasteiger partial charge in [-0.1, -0.05) is 20.8 Å². The van der Waals surface area contributed by atoms with Crippen LogP contribution < -0.4 is 0 Å². The Kier molecular flexibility index (Phi) is 7.59. The van der Waals surface area contributed by atoms with Gasteiger partial charge in [-0.15, -0.1) is 0 Å². The van der Waals surface area contributed by atoms with Crippen LogP contribution in [0.25, 0.3) is 0 Å². The molecule has 4 fully saturated rings. The molecule has 0 heterocycles. The number of rotatable bonds is 8. The van der Waals surface area contributed by atoms with Crippen LogP contribution in [0.15, 0.2) is 0 Å².